The Balaban J connectivity index is 1.25. The molecule has 182 valence electrons. The van der Waals surface area contributed by atoms with Gasteiger partial charge >= 0.3 is 0 Å². The zero-order valence-electron chi connectivity index (χ0n) is 20.2. The van der Waals surface area contributed by atoms with Crippen molar-refractivity contribution in [2.75, 3.05) is 5.32 Å². The molecule has 1 atom stereocenters. The summed E-state index contributed by atoms with van der Waals surface area (Å²) >= 11 is 1.55. The molecule has 1 saturated carbocycles. The third-order valence-electron chi connectivity index (χ3n) is 6.61. The second-order valence-corrected chi connectivity index (χ2v) is 10.2. The first-order valence-corrected chi connectivity index (χ1v) is 13.4. The highest BCUT2D eigenvalue weighted by Gasteiger charge is 2.26. The Morgan fingerprint density at radius 3 is 2.53 bits per heavy atom. The highest BCUT2D eigenvalue weighted by atomic mass is 32.2. The van der Waals surface area contributed by atoms with Crippen molar-refractivity contribution in [3.8, 4) is 22.9 Å². The molecular formula is C29H28N4O2S. The number of para-hydroxylation sites is 1. The van der Waals surface area contributed by atoms with Gasteiger partial charge in [0.05, 0.1) is 6.10 Å². The second kappa shape index (κ2) is 10.2. The van der Waals surface area contributed by atoms with Crippen LogP contribution >= 0.6 is 11.8 Å². The number of fused-ring (bicyclic) bond motifs is 3. The topological polar surface area (TPSA) is 69.2 Å². The first-order chi connectivity index (χ1) is 17.7. The summed E-state index contributed by atoms with van der Waals surface area (Å²) in [5.74, 6) is 2.14. The van der Waals surface area contributed by atoms with Gasteiger partial charge < -0.3 is 14.8 Å². The van der Waals surface area contributed by atoms with Crippen LogP contribution in [0.4, 0.5) is 5.69 Å². The smallest absolute Gasteiger partial charge is 0.247 e. The Bertz CT molecular complexity index is 1340. The lowest BCUT2D eigenvalue weighted by molar-refractivity contribution is 0.209. The van der Waals surface area contributed by atoms with Gasteiger partial charge in [0.1, 0.15) is 5.75 Å². The summed E-state index contributed by atoms with van der Waals surface area (Å²) in [6, 6.07) is 24.7. The van der Waals surface area contributed by atoms with E-state index in [0.717, 1.165) is 41.2 Å². The molecule has 2 aliphatic rings. The number of rotatable bonds is 6. The van der Waals surface area contributed by atoms with E-state index in [1.54, 1.807) is 11.8 Å². The van der Waals surface area contributed by atoms with Gasteiger partial charge in [-0.2, -0.15) is 4.98 Å². The molecule has 1 aliphatic carbocycles. The van der Waals surface area contributed by atoms with E-state index in [2.05, 4.69) is 58.8 Å². The Hall–Kier alpha value is -3.58. The van der Waals surface area contributed by atoms with Crippen LogP contribution in [0.15, 0.2) is 78.0 Å². The molecule has 0 bridgehead atoms. The summed E-state index contributed by atoms with van der Waals surface area (Å²) < 4.78 is 12.6. The van der Waals surface area contributed by atoms with Gasteiger partial charge in [0, 0.05) is 22.6 Å². The summed E-state index contributed by atoms with van der Waals surface area (Å²) in [7, 11) is 0. The van der Waals surface area contributed by atoms with Crippen molar-refractivity contribution in [1.29, 1.82) is 0 Å². The summed E-state index contributed by atoms with van der Waals surface area (Å²) in [5, 5.41) is 13.0. The maximum Gasteiger partial charge on any atom is 0.247 e. The quantitative estimate of drug-likeness (QED) is 0.289. The van der Waals surface area contributed by atoms with Crippen LogP contribution in [-0.2, 0) is 5.75 Å². The van der Waals surface area contributed by atoms with Crippen molar-refractivity contribution >= 4 is 17.4 Å². The standard InChI is InChI=1S/C29H28N4O2S/c1-19-10-12-20(13-11-19)18-36-29-31-28-26(32-33-29)24-8-4-5-9-25(24)30-27(35-28)21-14-16-23(17-15-21)34-22-6-2-3-7-22/h4-5,8-17,22,27,30H,2-3,6-7,18H2,1H3. The number of nitrogens with one attached hydrogen (secondary N) is 1. The molecule has 36 heavy (non-hydrogen) atoms. The first kappa shape index (κ1) is 22.9. The molecule has 0 radical (unpaired) electrons. The van der Waals surface area contributed by atoms with Gasteiger partial charge in [0.15, 0.2) is 11.9 Å². The fraction of sp³-hybridized carbons (Fsp3) is 0.276. The average Bonchev–Trinajstić information content (AvgIpc) is 3.36. The van der Waals surface area contributed by atoms with Crippen LogP contribution in [0, 0.1) is 6.92 Å². The Morgan fingerprint density at radius 1 is 0.944 bits per heavy atom. The monoisotopic (exact) mass is 496 g/mol. The fourth-order valence-corrected chi connectivity index (χ4v) is 5.35. The van der Waals surface area contributed by atoms with Crippen molar-refractivity contribution in [3.63, 3.8) is 0 Å². The van der Waals surface area contributed by atoms with Crippen molar-refractivity contribution in [2.24, 2.45) is 0 Å². The minimum atomic E-state index is -0.417. The normalized spacial score (nSPS) is 16.9. The molecular weight excluding hydrogens is 468 g/mol. The van der Waals surface area contributed by atoms with E-state index < -0.39 is 6.23 Å². The number of benzene rings is 3. The minimum absolute atomic E-state index is 0.334. The zero-order valence-corrected chi connectivity index (χ0v) is 21.0. The minimum Gasteiger partial charge on any atom is -0.490 e. The molecule has 0 spiro atoms. The van der Waals surface area contributed by atoms with E-state index in [0.29, 0.717) is 22.8 Å². The van der Waals surface area contributed by atoms with Gasteiger partial charge in [0.25, 0.3) is 0 Å². The van der Waals surface area contributed by atoms with E-state index in [4.69, 9.17) is 14.5 Å². The van der Waals surface area contributed by atoms with Crippen LogP contribution in [0.5, 0.6) is 11.6 Å². The summed E-state index contributed by atoms with van der Waals surface area (Å²) in [6.45, 7) is 2.09. The van der Waals surface area contributed by atoms with E-state index in [9.17, 15) is 0 Å². The molecule has 0 saturated heterocycles. The predicted molar refractivity (Wildman–Crippen MR) is 142 cm³/mol. The molecule has 1 aliphatic heterocycles. The fourth-order valence-electron chi connectivity index (χ4n) is 4.61. The van der Waals surface area contributed by atoms with Gasteiger partial charge in [0.2, 0.25) is 11.0 Å². The molecule has 7 heteroatoms. The number of aryl methyl sites for hydroxylation is 1. The molecule has 4 aromatic rings. The number of nitrogens with zero attached hydrogens (tertiary/aromatic N) is 3. The number of thioether (sulfide) groups is 1. The number of ether oxygens (including phenoxy) is 2. The van der Waals surface area contributed by atoms with Crippen molar-refractivity contribution < 1.29 is 9.47 Å². The Kier molecular flexibility index (Phi) is 6.47. The van der Waals surface area contributed by atoms with Gasteiger partial charge in [-0.05, 0) is 68.5 Å². The van der Waals surface area contributed by atoms with Crippen LogP contribution in [0.1, 0.15) is 48.6 Å². The molecule has 0 amide bonds. The molecule has 2 heterocycles. The van der Waals surface area contributed by atoms with E-state index >= 15 is 0 Å². The lowest BCUT2D eigenvalue weighted by atomic mass is 10.1. The van der Waals surface area contributed by atoms with Crippen LogP contribution in [0.2, 0.25) is 0 Å². The van der Waals surface area contributed by atoms with Crippen molar-refractivity contribution in [3.05, 3.63) is 89.5 Å². The van der Waals surface area contributed by atoms with Crippen molar-refractivity contribution in [2.45, 2.75) is 55.8 Å². The number of aromatic nitrogens is 3. The lowest BCUT2D eigenvalue weighted by Crippen LogP contribution is -2.17. The maximum absolute atomic E-state index is 6.43. The van der Waals surface area contributed by atoms with Crippen LogP contribution in [-0.4, -0.2) is 21.3 Å². The number of hydrogen-bond donors (Lipinski definition) is 1. The molecule has 6 nitrogen and oxygen atoms in total. The molecule has 3 aromatic carbocycles. The lowest BCUT2D eigenvalue weighted by Gasteiger charge is -2.20. The van der Waals surface area contributed by atoms with Crippen LogP contribution < -0.4 is 14.8 Å². The Morgan fingerprint density at radius 2 is 1.72 bits per heavy atom. The van der Waals surface area contributed by atoms with E-state index in [-0.39, 0.29) is 0 Å². The van der Waals surface area contributed by atoms with E-state index in [1.807, 2.05) is 36.4 Å². The SMILES string of the molecule is Cc1ccc(CSc2nnc3c(n2)OC(c2ccc(OC4CCCC4)cc2)Nc2ccccc2-3)cc1. The molecule has 1 fully saturated rings. The third-order valence-corrected chi connectivity index (χ3v) is 7.52. The highest BCUT2D eigenvalue weighted by Crippen LogP contribution is 2.40. The molecule has 6 rings (SSSR count). The second-order valence-electron chi connectivity index (χ2n) is 9.30. The summed E-state index contributed by atoms with van der Waals surface area (Å²) in [5.41, 5.74) is 5.95. The van der Waals surface area contributed by atoms with Crippen molar-refractivity contribution in [1.82, 2.24) is 15.2 Å². The third kappa shape index (κ3) is 5.02. The largest absolute Gasteiger partial charge is 0.490 e. The van der Waals surface area contributed by atoms with Gasteiger partial charge in [-0.3, -0.25) is 0 Å². The van der Waals surface area contributed by atoms with Crippen LogP contribution in [0.25, 0.3) is 11.3 Å². The average molecular weight is 497 g/mol. The highest BCUT2D eigenvalue weighted by molar-refractivity contribution is 7.98. The van der Waals surface area contributed by atoms with Gasteiger partial charge in [-0.25, -0.2) is 0 Å². The first-order valence-electron chi connectivity index (χ1n) is 12.4. The number of anilines is 1. The number of hydrogen-bond acceptors (Lipinski definition) is 7. The predicted octanol–water partition coefficient (Wildman–Crippen LogP) is 6.96. The molecule has 1 N–H and O–H groups in total. The van der Waals surface area contributed by atoms with Gasteiger partial charge in [-0.15, -0.1) is 10.2 Å². The van der Waals surface area contributed by atoms with Crippen LogP contribution in [0.3, 0.4) is 0 Å². The van der Waals surface area contributed by atoms with Gasteiger partial charge in [-0.1, -0.05) is 59.8 Å². The molecule has 1 unspecified atom stereocenters. The Labute approximate surface area is 215 Å². The van der Waals surface area contributed by atoms with E-state index in [1.165, 1.54) is 24.0 Å². The summed E-state index contributed by atoms with van der Waals surface area (Å²) in [6.07, 6.45) is 4.70. The summed E-state index contributed by atoms with van der Waals surface area (Å²) in [4.78, 5) is 4.77. The maximum atomic E-state index is 6.43. The zero-order chi connectivity index (χ0) is 24.3. The molecule has 1 aromatic heterocycles.